The lowest BCUT2D eigenvalue weighted by Gasteiger charge is -2.23. The van der Waals surface area contributed by atoms with Gasteiger partial charge in [0.1, 0.15) is 5.82 Å². The Hall–Kier alpha value is -2.32. The summed E-state index contributed by atoms with van der Waals surface area (Å²) in [5.41, 5.74) is 1.14. The van der Waals surface area contributed by atoms with E-state index in [2.05, 4.69) is 20.6 Å². The van der Waals surface area contributed by atoms with Crippen LogP contribution >= 0.6 is 23.4 Å². The number of amides is 2. The van der Waals surface area contributed by atoms with E-state index >= 15 is 0 Å². The molecule has 3 rings (SSSR count). The van der Waals surface area contributed by atoms with Crippen molar-refractivity contribution in [3.8, 4) is 0 Å². The molecule has 2 aromatic rings. The van der Waals surface area contributed by atoms with E-state index in [0.29, 0.717) is 15.9 Å². The zero-order valence-electron chi connectivity index (χ0n) is 14.9. The van der Waals surface area contributed by atoms with Crippen molar-refractivity contribution < 1.29 is 9.59 Å². The van der Waals surface area contributed by atoms with E-state index in [4.69, 9.17) is 11.6 Å². The minimum Gasteiger partial charge on any atom is -0.325 e. The lowest BCUT2D eigenvalue weighted by Crippen LogP contribution is -2.36. The highest BCUT2D eigenvalue weighted by molar-refractivity contribution is 7.99. The van der Waals surface area contributed by atoms with Gasteiger partial charge in [0.15, 0.2) is 5.16 Å². The molecule has 0 fully saturated rings. The Morgan fingerprint density at radius 1 is 1.41 bits per heavy atom. The fourth-order valence-corrected chi connectivity index (χ4v) is 3.64. The molecule has 0 aliphatic carbocycles. The minimum absolute atomic E-state index is 0.120. The number of rotatable bonds is 5. The van der Waals surface area contributed by atoms with Crippen molar-refractivity contribution in [2.24, 2.45) is 0 Å². The van der Waals surface area contributed by atoms with Crippen molar-refractivity contribution in [3.63, 3.8) is 0 Å². The number of nitrogens with zero attached hydrogens (tertiary/aromatic N) is 1. The van der Waals surface area contributed by atoms with Gasteiger partial charge in [-0.15, -0.1) is 0 Å². The minimum atomic E-state index is -0.921. The number of halogens is 1. The predicted octanol–water partition coefficient (Wildman–Crippen LogP) is 3.30. The van der Waals surface area contributed by atoms with Crippen LogP contribution < -0.4 is 16.2 Å². The molecule has 0 unspecified atom stereocenters. The Labute approximate surface area is 165 Å². The Balaban J connectivity index is 1.90. The maximum Gasteiger partial charge on any atom is 0.257 e. The van der Waals surface area contributed by atoms with E-state index in [1.807, 2.05) is 13.8 Å². The highest BCUT2D eigenvalue weighted by atomic mass is 35.5. The Kier molecular flexibility index (Phi) is 5.86. The van der Waals surface area contributed by atoms with E-state index < -0.39 is 17.4 Å². The molecule has 142 valence electrons. The first kappa shape index (κ1) is 19.4. The highest BCUT2D eigenvalue weighted by Crippen LogP contribution is 2.31. The molecule has 0 saturated carbocycles. The lowest BCUT2D eigenvalue weighted by atomic mass is 9.92. The number of hydrogen-bond acceptors (Lipinski definition) is 5. The van der Waals surface area contributed by atoms with Crippen molar-refractivity contribution in [1.82, 2.24) is 9.97 Å². The van der Waals surface area contributed by atoms with E-state index in [0.717, 1.165) is 17.7 Å². The highest BCUT2D eigenvalue weighted by Gasteiger charge is 2.34. The summed E-state index contributed by atoms with van der Waals surface area (Å²) >= 11 is 7.48. The predicted molar refractivity (Wildman–Crippen MR) is 107 cm³/mol. The van der Waals surface area contributed by atoms with Gasteiger partial charge in [0.05, 0.1) is 11.5 Å². The number of aryl methyl sites for hydroxylation is 1. The van der Waals surface area contributed by atoms with Crippen LogP contribution in [0.3, 0.4) is 0 Å². The number of aromatic nitrogens is 2. The molecule has 0 spiro atoms. The number of fused-ring (bicyclic) bond motifs is 1. The molecule has 3 N–H and O–H groups in total. The molecule has 0 saturated heterocycles. The van der Waals surface area contributed by atoms with Crippen LogP contribution in [0.15, 0.2) is 28.2 Å². The summed E-state index contributed by atoms with van der Waals surface area (Å²) < 4.78 is 0. The summed E-state index contributed by atoms with van der Waals surface area (Å²) in [6, 6.07) is 5.13. The molecule has 1 aliphatic rings. The van der Waals surface area contributed by atoms with Crippen LogP contribution in [0.5, 0.6) is 0 Å². The fraction of sp³-hybridized carbons (Fsp3) is 0.333. The Morgan fingerprint density at radius 3 is 2.89 bits per heavy atom. The van der Waals surface area contributed by atoms with Gasteiger partial charge in [0.25, 0.3) is 5.56 Å². The number of carbonyl (C=O) groups excluding carboxylic acids is 2. The lowest BCUT2D eigenvalue weighted by molar-refractivity contribution is -0.123. The molecule has 1 atom stereocenters. The monoisotopic (exact) mass is 406 g/mol. The number of hydrogen-bond donors (Lipinski definition) is 3. The quantitative estimate of drug-likeness (QED) is 0.522. The van der Waals surface area contributed by atoms with Gasteiger partial charge < -0.3 is 15.6 Å². The van der Waals surface area contributed by atoms with Gasteiger partial charge in [-0.1, -0.05) is 36.4 Å². The number of nitrogens with one attached hydrogen (secondary N) is 3. The van der Waals surface area contributed by atoms with Crippen molar-refractivity contribution in [2.75, 3.05) is 16.4 Å². The van der Waals surface area contributed by atoms with Crippen LogP contribution in [0, 0.1) is 6.92 Å². The van der Waals surface area contributed by atoms with E-state index in [1.165, 1.54) is 11.8 Å². The summed E-state index contributed by atoms with van der Waals surface area (Å²) in [5.74, 6) is -0.791. The number of thioether (sulfide) groups is 1. The Morgan fingerprint density at radius 2 is 2.19 bits per heavy atom. The summed E-state index contributed by atoms with van der Waals surface area (Å²) in [6.07, 6.45) is 0.798. The third-order valence-corrected chi connectivity index (χ3v) is 5.61. The first-order chi connectivity index (χ1) is 12.9. The van der Waals surface area contributed by atoms with Crippen LogP contribution in [0.2, 0.25) is 5.02 Å². The van der Waals surface area contributed by atoms with Crippen LogP contribution in [-0.4, -0.2) is 27.5 Å². The van der Waals surface area contributed by atoms with Gasteiger partial charge in [0.2, 0.25) is 11.8 Å². The first-order valence-corrected chi connectivity index (χ1v) is 9.89. The molecular weight excluding hydrogens is 388 g/mol. The first-order valence-electron chi connectivity index (χ1n) is 8.53. The average molecular weight is 407 g/mol. The largest absolute Gasteiger partial charge is 0.325 e. The maximum absolute atomic E-state index is 12.8. The van der Waals surface area contributed by atoms with Gasteiger partial charge in [0, 0.05) is 22.9 Å². The Bertz CT molecular complexity index is 960. The van der Waals surface area contributed by atoms with E-state index in [9.17, 15) is 14.4 Å². The summed E-state index contributed by atoms with van der Waals surface area (Å²) in [4.78, 5) is 44.4. The van der Waals surface area contributed by atoms with Gasteiger partial charge >= 0.3 is 0 Å². The molecule has 7 nitrogen and oxygen atoms in total. The average Bonchev–Trinajstić information content (AvgIpc) is 2.62. The molecule has 9 heteroatoms. The third-order valence-electron chi connectivity index (χ3n) is 4.13. The van der Waals surface area contributed by atoms with Gasteiger partial charge in [-0.25, -0.2) is 4.98 Å². The molecule has 0 radical (unpaired) electrons. The second-order valence-electron chi connectivity index (χ2n) is 6.24. The smallest absolute Gasteiger partial charge is 0.257 e. The van der Waals surface area contributed by atoms with Crippen LogP contribution in [0.4, 0.5) is 11.5 Å². The number of carbonyl (C=O) groups is 2. The van der Waals surface area contributed by atoms with Crippen LogP contribution in [-0.2, 0) is 9.59 Å². The van der Waals surface area contributed by atoms with Crippen molar-refractivity contribution in [1.29, 1.82) is 0 Å². The molecule has 1 aromatic carbocycles. The normalized spacial score (nSPS) is 15.8. The fourth-order valence-electron chi connectivity index (χ4n) is 2.74. The van der Waals surface area contributed by atoms with Crippen molar-refractivity contribution >= 4 is 46.7 Å². The molecule has 2 amide bonds. The zero-order valence-corrected chi connectivity index (χ0v) is 16.5. The standard InChI is InChI=1S/C18H19ClN4O3S/c1-3-6-27-18-22-15-14(17(26)23-18)11(8-13(24)21-15)16(25)20-10-5-4-9(2)12(19)7-10/h4-5,7,11H,3,6,8H2,1-2H3,(H,20,25)(H2,21,22,23,24,26)/t11-/m0/s1. The van der Waals surface area contributed by atoms with Crippen molar-refractivity contribution in [2.45, 2.75) is 37.8 Å². The summed E-state index contributed by atoms with van der Waals surface area (Å²) in [5, 5.41) is 6.27. The summed E-state index contributed by atoms with van der Waals surface area (Å²) in [6.45, 7) is 3.87. The van der Waals surface area contributed by atoms with Gasteiger partial charge in [-0.05, 0) is 31.0 Å². The molecular formula is C18H19ClN4O3S. The maximum atomic E-state index is 12.8. The number of anilines is 2. The second-order valence-corrected chi connectivity index (χ2v) is 7.73. The number of H-pyrrole nitrogens is 1. The molecule has 2 heterocycles. The molecule has 1 aliphatic heterocycles. The van der Waals surface area contributed by atoms with Gasteiger partial charge in [-0.2, -0.15) is 0 Å². The molecule has 0 bridgehead atoms. The topological polar surface area (TPSA) is 104 Å². The number of benzene rings is 1. The van der Waals surface area contributed by atoms with Gasteiger partial charge in [-0.3, -0.25) is 14.4 Å². The summed E-state index contributed by atoms with van der Waals surface area (Å²) in [7, 11) is 0. The zero-order chi connectivity index (χ0) is 19.6. The second kappa shape index (κ2) is 8.14. The molecule has 27 heavy (non-hydrogen) atoms. The SMILES string of the molecule is CCCSc1nc2c(c(=O)[nH]1)[C@@H](C(=O)Nc1ccc(C)c(Cl)c1)CC(=O)N2. The van der Waals surface area contributed by atoms with E-state index in [1.54, 1.807) is 18.2 Å². The van der Waals surface area contributed by atoms with E-state index in [-0.39, 0.29) is 23.7 Å². The van der Waals surface area contributed by atoms with Crippen LogP contribution in [0.25, 0.3) is 0 Å². The third kappa shape index (κ3) is 4.33. The number of aromatic amines is 1. The van der Waals surface area contributed by atoms with Crippen molar-refractivity contribution in [3.05, 3.63) is 44.7 Å². The van der Waals surface area contributed by atoms with Crippen LogP contribution in [0.1, 0.15) is 36.8 Å². The molecule has 1 aromatic heterocycles.